The number of aromatic nitrogens is 2. The number of H-pyrrole nitrogens is 1. The molecule has 0 saturated carbocycles. The average molecular weight is 477 g/mol. The van der Waals surface area contributed by atoms with Gasteiger partial charge in [-0.1, -0.05) is 12.1 Å². The number of hydrogen-bond acceptors (Lipinski definition) is 6. The first-order chi connectivity index (χ1) is 17.0. The molecule has 4 rings (SSSR count). The van der Waals surface area contributed by atoms with Crippen molar-refractivity contribution in [1.29, 1.82) is 5.26 Å². The summed E-state index contributed by atoms with van der Waals surface area (Å²) < 4.78 is 5.66. The Balaban J connectivity index is 1.64. The first-order valence-electron chi connectivity index (χ1n) is 12.2. The van der Waals surface area contributed by atoms with Gasteiger partial charge in [0.1, 0.15) is 11.8 Å². The smallest absolute Gasteiger partial charge is 0.291 e. The van der Waals surface area contributed by atoms with Crippen molar-refractivity contribution >= 4 is 23.1 Å². The SMILES string of the molecule is CC(=O)NCCNC1(c2ccc(NC(=O)c3ncc(C#N)[nH]3)c(C3=CCCCC3)c2)CCOCC1. The molecule has 1 aromatic heterocycles. The minimum atomic E-state index is -0.383. The minimum absolute atomic E-state index is 0.0436. The van der Waals surface area contributed by atoms with Gasteiger partial charge in [0.15, 0.2) is 5.82 Å². The third kappa shape index (κ3) is 5.96. The van der Waals surface area contributed by atoms with E-state index in [1.54, 1.807) is 0 Å². The fourth-order valence-electron chi connectivity index (χ4n) is 4.80. The number of rotatable bonds is 8. The first-order valence-corrected chi connectivity index (χ1v) is 12.2. The fourth-order valence-corrected chi connectivity index (χ4v) is 4.80. The number of allylic oxidation sites excluding steroid dienone is 2. The number of anilines is 1. The van der Waals surface area contributed by atoms with E-state index in [1.165, 1.54) is 25.1 Å². The monoisotopic (exact) mass is 476 g/mol. The van der Waals surface area contributed by atoms with Crippen molar-refractivity contribution < 1.29 is 14.3 Å². The molecule has 9 heteroatoms. The number of aromatic amines is 1. The lowest BCUT2D eigenvalue weighted by atomic mass is 9.80. The zero-order chi connectivity index (χ0) is 24.7. The quantitative estimate of drug-likeness (QED) is 0.433. The summed E-state index contributed by atoms with van der Waals surface area (Å²) in [6.45, 7) is 4.03. The summed E-state index contributed by atoms with van der Waals surface area (Å²) in [5, 5.41) is 18.6. The number of nitriles is 1. The number of imidazole rings is 1. The number of carbonyl (C=O) groups is 2. The maximum Gasteiger partial charge on any atom is 0.291 e. The van der Waals surface area contributed by atoms with Crippen LogP contribution in [0.4, 0.5) is 5.69 Å². The number of nitrogens with zero attached hydrogens (tertiary/aromatic N) is 2. The lowest BCUT2D eigenvalue weighted by Gasteiger charge is -2.39. The largest absolute Gasteiger partial charge is 0.381 e. The number of benzene rings is 1. The Kier molecular flexibility index (Phi) is 7.95. The highest BCUT2D eigenvalue weighted by Crippen LogP contribution is 2.38. The zero-order valence-electron chi connectivity index (χ0n) is 20.1. The van der Waals surface area contributed by atoms with E-state index in [9.17, 15) is 9.59 Å². The standard InChI is InChI=1S/C26H32N6O3/c1-18(33)28-11-12-30-26(9-13-35-14-10-26)20-7-8-23(22(15-20)19-5-3-2-4-6-19)32-25(34)24-29-17-21(16-27)31-24/h5,7-8,15,17,30H,2-4,6,9-14H2,1H3,(H,28,33)(H,29,31)(H,32,34). The van der Waals surface area contributed by atoms with Crippen LogP contribution in [0.3, 0.4) is 0 Å². The molecule has 1 aliphatic carbocycles. The number of amides is 2. The second-order valence-electron chi connectivity index (χ2n) is 9.05. The number of hydrogen-bond donors (Lipinski definition) is 4. The Morgan fingerprint density at radius 3 is 2.74 bits per heavy atom. The number of ether oxygens (including phenoxy) is 1. The molecular weight excluding hydrogens is 444 g/mol. The molecule has 4 N–H and O–H groups in total. The van der Waals surface area contributed by atoms with Crippen LogP contribution in [0.5, 0.6) is 0 Å². The highest BCUT2D eigenvalue weighted by Gasteiger charge is 2.34. The Morgan fingerprint density at radius 1 is 1.23 bits per heavy atom. The van der Waals surface area contributed by atoms with Gasteiger partial charge in [0.25, 0.3) is 5.91 Å². The van der Waals surface area contributed by atoms with Crippen LogP contribution < -0.4 is 16.0 Å². The molecule has 0 bridgehead atoms. The zero-order valence-corrected chi connectivity index (χ0v) is 20.1. The van der Waals surface area contributed by atoms with E-state index in [-0.39, 0.29) is 28.9 Å². The molecule has 0 atom stereocenters. The normalized spacial score (nSPS) is 17.2. The summed E-state index contributed by atoms with van der Waals surface area (Å²) in [6.07, 6.45) is 9.51. The molecule has 184 valence electrons. The van der Waals surface area contributed by atoms with Crippen LogP contribution in [0.1, 0.15) is 72.9 Å². The van der Waals surface area contributed by atoms with Gasteiger partial charge in [-0.15, -0.1) is 0 Å². The molecule has 2 aromatic rings. The molecule has 1 fully saturated rings. The topological polar surface area (TPSA) is 132 Å². The summed E-state index contributed by atoms with van der Waals surface area (Å²) in [4.78, 5) is 30.9. The molecule has 2 amide bonds. The molecule has 1 aromatic carbocycles. The van der Waals surface area contributed by atoms with E-state index in [4.69, 9.17) is 10.00 Å². The molecule has 0 radical (unpaired) electrons. The third-order valence-corrected chi connectivity index (χ3v) is 6.68. The first kappa shape index (κ1) is 24.6. The highest BCUT2D eigenvalue weighted by atomic mass is 16.5. The van der Waals surface area contributed by atoms with E-state index in [0.29, 0.717) is 26.3 Å². The molecule has 1 aliphatic heterocycles. The Hall–Kier alpha value is -3.48. The van der Waals surface area contributed by atoms with Gasteiger partial charge in [0, 0.05) is 50.0 Å². The average Bonchev–Trinajstić information content (AvgIpc) is 3.38. The predicted molar refractivity (Wildman–Crippen MR) is 133 cm³/mol. The molecule has 35 heavy (non-hydrogen) atoms. The van der Waals surface area contributed by atoms with Crippen LogP contribution in [-0.2, 0) is 15.1 Å². The highest BCUT2D eigenvalue weighted by molar-refractivity contribution is 6.03. The van der Waals surface area contributed by atoms with Crippen molar-refractivity contribution in [2.45, 2.75) is 51.0 Å². The Morgan fingerprint density at radius 2 is 2.06 bits per heavy atom. The summed E-state index contributed by atoms with van der Waals surface area (Å²) in [6, 6.07) is 8.16. The lowest BCUT2D eigenvalue weighted by Crippen LogP contribution is -2.49. The molecule has 0 unspecified atom stereocenters. The summed E-state index contributed by atoms with van der Waals surface area (Å²) in [5.41, 5.74) is 4.08. The van der Waals surface area contributed by atoms with Crippen molar-refractivity contribution in [2.24, 2.45) is 0 Å². The van der Waals surface area contributed by atoms with Crippen LogP contribution in [0.15, 0.2) is 30.5 Å². The maximum absolute atomic E-state index is 12.9. The van der Waals surface area contributed by atoms with Gasteiger partial charge in [-0.3, -0.25) is 9.59 Å². The van der Waals surface area contributed by atoms with Gasteiger partial charge >= 0.3 is 0 Å². The fraction of sp³-hybridized carbons (Fsp3) is 0.462. The van der Waals surface area contributed by atoms with E-state index in [1.807, 2.05) is 12.1 Å². The molecule has 9 nitrogen and oxygen atoms in total. The van der Waals surface area contributed by atoms with Crippen molar-refractivity contribution in [2.75, 3.05) is 31.6 Å². The molecule has 2 aliphatic rings. The third-order valence-electron chi connectivity index (χ3n) is 6.68. The number of nitrogens with one attached hydrogen (secondary N) is 4. The van der Waals surface area contributed by atoms with Crippen LogP contribution in [0, 0.1) is 11.3 Å². The van der Waals surface area contributed by atoms with E-state index in [0.717, 1.165) is 48.9 Å². The minimum Gasteiger partial charge on any atom is -0.381 e. The van der Waals surface area contributed by atoms with E-state index < -0.39 is 0 Å². The molecule has 0 spiro atoms. The van der Waals surface area contributed by atoms with E-state index >= 15 is 0 Å². The van der Waals surface area contributed by atoms with Crippen LogP contribution in [0.2, 0.25) is 0 Å². The van der Waals surface area contributed by atoms with E-state index in [2.05, 4.69) is 44.1 Å². The van der Waals surface area contributed by atoms with Crippen molar-refractivity contribution in [3.8, 4) is 6.07 Å². The lowest BCUT2D eigenvalue weighted by molar-refractivity contribution is -0.118. The second kappa shape index (κ2) is 11.3. The Labute approximate surface area is 205 Å². The van der Waals surface area contributed by atoms with Crippen LogP contribution in [0.25, 0.3) is 5.57 Å². The predicted octanol–water partition coefficient (Wildman–Crippen LogP) is 3.22. The molecule has 1 saturated heterocycles. The number of carbonyl (C=O) groups excluding carboxylic acids is 2. The van der Waals surface area contributed by atoms with Gasteiger partial charge in [-0.25, -0.2) is 4.98 Å². The molecule has 2 heterocycles. The second-order valence-corrected chi connectivity index (χ2v) is 9.05. The van der Waals surface area contributed by atoms with Crippen molar-refractivity contribution in [3.05, 3.63) is 53.1 Å². The Bertz CT molecular complexity index is 1140. The van der Waals surface area contributed by atoms with Gasteiger partial charge in [0.05, 0.1) is 6.20 Å². The summed E-state index contributed by atoms with van der Waals surface area (Å²) >= 11 is 0. The van der Waals surface area contributed by atoms with Crippen LogP contribution >= 0.6 is 0 Å². The summed E-state index contributed by atoms with van der Waals surface area (Å²) in [5.74, 6) is -0.321. The maximum atomic E-state index is 12.9. The van der Waals surface area contributed by atoms with Crippen LogP contribution in [-0.4, -0.2) is 48.1 Å². The van der Waals surface area contributed by atoms with Crippen molar-refractivity contribution in [3.63, 3.8) is 0 Å². The van der Waals surface area contributed by atoms with Crippen molar-refractivity contribution in [1.82, 2.24) is 20.6 Å². The summed E-state index contributed by atoms with van der Waals surface area (Å²) in [7, 11) is 0. The van der Waals surface area contributed by atoms with Gasteiger partial charge in [0.2, 0.25) is 5.91 Å². The molecular formula is C26H32N6O3. The van der Waals surface area contributed by atoms with Gasteiger partial charge < -0.3 is 25.7 Å². The van der Waals surface area contributed by atoms with Gasteiger partial charge in [-0.2, -0.15) is 5.26 Å². The van der Waals surface area contributed by atoms with Gasteiger partial charge in [-0.05, 0) is 61.8 Å².